The number of esters is 2. The van der Waals surface area contributed by atoms with Gasteiger partial charge in [-0.05, 0) is 35.9 Å². The van der Waals surface area contributed by atoms with Crippen molar-refractivity contribution in [2.45, 2.75) is 6.42 Å². The monoisotopic (exact) mass is 398 g/mol. The van der Waals surface area contributed by atoms with Crippen molar-refractivity contribution in [3.8, 4) is 11.5 Å². The van der Waals surface area contributed by atoms with Gasteiger partial charge in [-0.1, -0.05) is 6.07 Å². The lowest BCUT2D eigenvalue weighted by molar-refractivity contribution is -0.142. The molecule has 0 aliphatic rings. The maximum atomic E-state index is 12.6. The first kappa shape index (κ1) is 19.9. The predicted octanol–water partition coefficient (Wildman–Crippen LogP) is 2.90. The number of phenols is 1. The standard InChI is InChI=1S/C21H18O8/c1-26-20(24)11-28-14-4-5-15(17(23)10-14)16(22)8-12-3-6-18-13(7-12)9-19(29-18)21(25)27-2/h3-7,9-10,23H,8,11H2,1-2H3. The fourth-order valence-corrected chi connectivity index (χ4v) is 2.72. The number of carbonyl (C=O) groups is 3. The van der Waals surface area contributed by atoms with Gasteiger partial charge in [-0.3, -0.25) is 4.79 Å². The van der Waals surface area contributed by atoms with E-state index in [0.717, 1.165) is 0 Å². The topological polar surface area (TPSA) is 112 Å². The normalized spacial score (nSPS) is 10.6. The third-order valence-electron chi connectivity index (χ3n) is 4.19. The summed E-state index contributed by atoms with van der Waals surface area (Å²) < 4.78 is 19.7. The molecule has 1 heterocycles. The number of phenolic OH excluding ortho intramolecular Hbond substituents is 1. The second kappa shape index (κ2) is 8.47. The third kappa shape index (κ3) is 4.55. The molecule has 3 rings (SSSR count). The number of ether oxygens (including phenoxy) is 3. The zero-order chi connectivity index (χ0) is 21.0. The van der Waals surface area contributed by atoms with Gasteiger partial charge in [0.25, 0.3) is 0 Å². The smallest absolute Gasteiger partial charge is 0.373 e. The number of methoxy groups -OCH3 is 2. The Hall–Kier alpha value is -3.81. The van der Waals surface area contributed by atoms with E-state index in [1.165, 1.54) is 32.4 Å². The Morgan fingerprint density at radius 2 is 1.79 bits per heavy atom. The van der Waals surface area contributed by atoms with E-state index in [4.69, 9.17) is 9.15 Å². The number of hydrogen-bond acceptors (Lipinski definition) is 8. The lowest BCUT2D eigenvalue weighted by Gasteiger charge is -2.08. The summed E-state index contributed by atoms with van der Waals surface area (Å²) in [5, 5.41) is 10.8. The number of Topliss-reactive ketones (excluding diaryl/α,β-unsaturated/α-hetero) is 1. The first-order chi connectivity index (χ1) is 13.9. The van der Waals surface area contributed by atoms with Crippen LogP contribution in [0.15, 0.2) is 46.9 Å². The van der Waals surface area contributed by atoms with E-state index in [-0.39, 0.29) is 41.6 Å². The van der Waals surface area contributed by atoms with E-state index in [0.29, 0.717) is 16.5 Å². The fraction of sp³-hybridized carbons (Fsp3) is 0.190. The zero-order valence-electron chi connectivity index (χ0n) is 15.8. The molecule has 1 aromatic heterocycles. The molecule has 0 aliphatic heterocycles. The van der Waals surface area contributed by atoms with Crippen molar-refractivity contribution in [2.24, 2.45) is 0 Å². The highest BCUT2D eigenvalue weighted by Crippen LogP contribution is 2.26. The summed E-state index contributed by atoms with van der Waals surface area (Å²) in [7, 11) is 2.50. The number of benzene rings is 2. The van der Waals surface area contributed by atoms with E-state index in [1.54, 1.807) is 24.3 Å². The molecule has 3 aromatic rings. The molecular weight excluding hydrogens is 380 g/mol. The second-order valence-electron chi connectivity index (χ2n) is 6.12. The summed E-state index contributed by atoms with van der Waals surface area (Å²) in [5.41, 5.74) is 1.31. The first-order valence-electron chi connectivity index (χ1n) is 8.58. The van der Waals surface area contributed by atoms with E-state index in [9.17, 15) is 19.5 Å². The van der Waals surface area contributed by atoms with E-state index in [2.05, 4.69) is 9.47 Å². The molecule has 0 aliphatic carbocycles. The SMILES string of the molecule is COC(=O)COc1ccc(C(=O)Cc2ccc3oc(C(=O)OC)cc3c2)c(O)c1. The lowest BCUT2D eigenvalue weighted by Crippen LogP contribution is -2.12. The van der Waals surface area contributed by atoms with Gasteiger partial charge in [0.1, 0.15) is 17.1 Å². The van der Waals surface area contributed by atoms with Crippen LogP contribution in [0.3, 0.4) is 0 Å². The molecule has 0 spiro atoms. The molecule has 0 saturated heterocycles. The molecule has 8 heteroatoms. The largest absolute Gasteiger partial charge is 0.507 e. The van der Waals surface area contributed by atoms with Gasteiger partial charge in [0.05, 0.1) is 19.8 Å². The number of ketones is 1. The Bertz CT molecular complexity index is 1080. The summed E-state index contributed by atoms with van der Waals surface area (Å²) in [6.07, 6.45) is 0.0323. The van der Waals surface area contributed by atoms with E-state index in [1.807, 2.05) is 0 Å². The zero-order valence-corrected chi connectivity index (χ0v) is 15.8. The number of carbonyl (C=O) groups excluding carboxylic acids is 3. The number of furan rings is 1. The fourth-order valence-electron chi connectivity index (χ4n) is 2.72. The molecule has 0 amide bonds. The van der Waals surface area contributed by atoms with Crippen molar-refractivity contribution in [1.29, 1.82) is 0 Å². The van der Waals surface area contributed by atoms with Gasteiger partial charge >= 0.3 is 11.9 Å². The minimum absolute atomic E-state index is 0.0323. The maximum Gasteiger partial charge on any atom is 0.373 e. The van der Waals surface area contributed by atoms with Gasteiger partial charge in [-0.25, -0.2) is 9.59 Å². The molecular formula is C21H18O8. The highest BCUT2D eigenvalue weighted by atomic mass is 16.6. The molecule has 0 radical (unpaired) electrons. The van der Waals surface area contributed by atoms with E-state index < -0.39 is 11.9 Å². The number of hydrogen-bond donors (Lipinski definition) is 1. The molecule has 1 N–H and O–H groups in total. The minimum atomic E-state index is -0.585. The first-order valence-corrected chi connectivity index (χ1v) is 8.58. The Kier molecular flexibility index (Phi) is 5.82. The average Bonchev–Trinajstić information content (AvgIpc) is 3.14. The minimum Gasteiger partial charge on any atom is -0.507 e. The van der Waals surface area contributed by atoms with Crippen molar-refractivity contribution in [3.05, 3.63) is 59.4 Å². The Morgan fingerprint density at radius 3 is 2.48 bits per heavy atom. The Labute approximate surface area is 165 Å². The quantitative estimate of drug-likeness (QED) is 0.478. The molecule has 8 nitrogen and oxygen atoms in total. The Morgan fingerprint density at radius 1 is 1.00 bits per heavy atom. The number of aromatic hydroxyl groups is 1. The van der Waals surface area contributed by atoms with Crippen LogP contribution in [-0.2, 0) is 20.7 Å². The van der Waals surface area contributed by atoms with Crippen molar-refractivity contribution in [1.82, 2.24) is 0 Å². The van der Waals surface area contributed by atoms with Crippen LogP contribution in [-0.4, -0.2) is 43.7 Å². The Balaban J connectivity index is 1.74. The van der Waals surface area contributed by atoms with Crippen LogP contribution in [0.4, 0.5) is 0 Å². The maximum absolute atomic E-state index is 12.6. The summed E-state index contributed by atoms with van der Waals surface area (Å²) in [6, 6.07) is 10.8. The van der Waals surface area contributed by atoms with Gasteiger partial charge in [0.2, 0.25) is 5.76 Å². The van der Waals surface area contributed by atoms with Crippen LogP contribution < -0.4 is 4.74 Å². The molecule has 0 saturated carbocycles. The molecule has 2 aromatic carbocycles. The number of fused-ring (bicyclic) bond motifs is 1. The predicted molar refractivity (Wildman–Crippen MR) is 101 cm³/mol. The highest BCUT2D eigenvalue weighted by molar-refractivity contribution is 6.00. The van der Waals surface area contributed by atoms with Crippen LogP contribution in [0.2, 0.25) is 0 Å². The van der Waals surface area contributed by atoms with Crippen molar-refractivity contribution < 1.29 is 38.1 Å². The molecule has 0 unspecified atom stereocenters. The van der Waals surface area contributed by atoms with Gasteiger partial charge in [0.15, 0.2) is 12.4 Å². The highest BCUT2D eigenvalue weighted by Gasteiger charge is 2.16. The van der Waals surface area contributed by atoms with E-state index >= 15 is 0 Å². The third-order valence-corrected chi connectivity index (χ3v) is 4.19. The van der Waals surface area contributed by atoms with Gasteiger partial charge in [-0.15, -0.1) is 0 Å². The van der Waals surface area contributed by atoms with Crippen LogP contribution in [0.25, 0.3) is 11.0 Å². The molecule has 0 fully saturated rings. The molecule has 150 valence electrons. The van der Waals surface area contributed by atoms with Crippen molar-refractivity contribution >= 4 is 28.7 Å². The molecule has 0 bridgehead atoms. The molecule has 29 heavy (non-hydrogen) atoms. The lowest BCUT2D eigenvalue weighted by atomic mass is 10.0. The van der Waals surface area contributed by atoms with Crippen molar-refractivity contribution in [2.75, 3.05) is 20.8 Å². The summed E-state index contributed by atoms with van der Waals surface area (Å²) in [4.78, 5) is 35.2. The second-order valence-corrected chi connectivity index (χ2v) is 6.12. The van der Waals surface area contributed by atoms with Crippen LogP contribution in [0, 0.1) is 0 Å². The van der Waals surface area contributed by atoms with Crippen LogP contribution in [0.5, 0.6) is 11.5 Å². The van der Waals surface area contributed by atoms with Gasteiger partial charge < -0.3 is 23.7 Å². The summed E-state index contributed by atoms with van der Waals surface area (Å²) >= 11 is 0. The molecule has 0 atom stereocenters. The van der Waals surface area contributed by atoms with Crippen molar-refractivity contribution in [3.63, 3.8) is 0 Å². The average molecular weight is 398 g/mol. The van der Waals surface area contributed by atoms with Crippen LogP contribution in [0.1, 0.15) is 26.5 Å². The number of rotatable bonds is 7. The van der Waals surface area contributed by atoms with Gasteiger partial charge in [0, 0.05) is 17.9 Å². The van der Waals surface area contributed by atoms with Crippen LogP contribution >= 0.6 is 0 Å². The summed E-state index contributed by atoms with van der Waals surface area (Å²) in [6.45, 7) is -0.304. The summed E-state index contributed by atoms with van der Waals surface area (Å²) in [5.74, 6) is -1.40. The van der Waals surface area contributed by atoms with Gasteiger partial charge in [-0.2, -0.15) is 0 Å².